The zero-order valence-electron chi connectivity index (χ0n) is 23.0. The molecule has 0 saturated heterocycles. The zero-order chi connectivity index (χ0) is 28.3. The monoisotopic (exact) mass is 548 g/mol. The van der Waals surface area contributed by atoms with Crippen LogP contribution in [-0.2, 0) is 9.59 Å². The quantitative estimate of drug-likeness (QED) is 0.283. The zero-order valence-corrected chi connectivity index (χ0v) is 23.7. The van der Waals surface area contributed by atoms with E-state index in [9.17, 15) is 19.7 Å². The van der Waals surface area contributed by atoms with Crippen molar-refractivity contribution in [2.45, 2.75) is 66.2 Å². The Balaban J connectivity index is 1.80. The van der Waals surface area contributed by atoms with Crippen LogP contribution in [0.25, 0.3) is 0 Å². The van der Waals surface area contributed by atoms with Crippen molar-refractivity contribution in [3.05, 3.63) is 85.7 Å². The highest BCUT2D eigenvalue weighted by Crippen LogP contribution is 2.55. The molecular weight excluding hydrogens is 516 g/mol. The smallest absolute Gasteiger partial charge is 0.288 e. The number of anilines is 1. The SMILES string of the molecule is CCOc1ccc(N2C3=C(C(=O)CC(C)(C)C3)C(c3ccc(Cl)c([N+](=O)[O-])c3)C3=C2CC(C)(C)CC3=O)cc1. The number of benzene rings is 2. The van der Waals surface area contributed by atoms with Gasteiger partial charge >= 0.3 is 0 Å². The van der Waals surface area contributed by atoms with Crippen molar-refractivity contribution in [1.82, 2.24) is 0 Å². The Labute approximate surface area is 233 Å². The third-order valence-electron chi connectivity index (χ3n) is 7.82. The number of ketones is 2. The third kappa shape index (κ3) is 4.89. The maximum Gasteiger partial charge on any atom is 0.288 e. The summed E-state index contributed by atoms with van der Waals surface area (Å²) in [6.07, 6.45) is 1.91. The summed E-state index contributed by atoms with van der Waals surface area (Å²) in [4.78, 5) is 41.2. The fourth-order valence-electron chi connectivity index (χ4n) is 6.32. The molecule has 0 bridgehead atoms. The Kier molecular flexibility index (Phi) is 6.70. The number of halogens is 1. The molecule has 0 aromatic heterocycles. The topological polar surface area (TPSA) is 89.8 Å². The molecule has 2 aromatic carbocycles. The lowest BCUT2D eigenvalue weighted by atomic mass is 9.63. The van der Waals surface area contributed by atoms with Crippen molar-refractivity contribution in [1.29, 1.82) is 0 Å². The van der Waals surface area contributed by atoms with Crippen LogP contribution in [0.3, 0.4) is 0 Å². The first-order chi connectivity index (χ1) is 18.3. The number of rotatable bonds is 5. The summed E-state index contributed by atoms with van der Waals surface area (Å²) < 4.78 is 5.66. The van der Waals surface area contributed by atoms with E-state index in [4.69, 9.17) is 16.3 Å². The van der Waals surface area contributed by atoms with Crippen molar-refractivity contribution < 1.29 is 19.2 Å². The fourth-order valence-corrected chi connectivity index (χ4v) is 6.50. The molecule has 1 heterocycles. The molecule has 0 amide bonds. The molecule has 2 aromatic rings. The van der Waals surface area contributed by atoms with Gasteiger partial charge in [-0.25, -0.2) is 0 Å². The molecule has 0 atom stereocenters. The van der Waals surface area contributed by atoms with Gasteiger partial charge in [-0.05, 0) is 66.5 Å². The van der Waals surface area contributed by atoms with E-state index in [1.165, 1.54) is 12.1 Å². The van der Waals surface area contributed by atoms with Gasteiger partial charge in [0, 0.05) is 53.1 Å². The lowest BCUT2D eigenvalue weighted by Crippen LogP contribution is -2.44. The minimum Gasteiger partial charge on any atom is -0.494 e. The third-order valence-corrected chi connectivity index (χ3v) is 8.14. The molecule has 8 heteroatoms. The first-order valence-corrected chi connectivity index (χ1v) is 13.7. The number of nitro benzene ring substituents is 1. The molecule has 3 aliphatic rings. The summed E-state index contributed by atoms with van der Waals surface area (Å²) in [6, 6.07) is 12.4. The van der Waals surface area contributed by atoms with Crippen molar-refractivity contribution in [2.75, 3.05) is 11.5 Å². The fraction of sp³-hybridized carbons (Fsp3) is 0.419. The molecule has 0 unspecified atom stereocenters. The van der Waals surface area contributed by atoms with E-state index in [0.29, 0.717) is 49.0 Å². The van der Waals surface area contributed by atoms with Gasteiger partial charge in [-0.3, -0.25) is 19.7 Å². The Morgan fingerprint density at radius 3 is 1.95 bits per heavy atom. The number of carbonyl (C=O) groups is 2. The highest BCUT2D eigenvalue weighted by Gasteiger charge is 2.49. The van der Waals surface area contributed by atoms with Gasteiger partial charge in [0.1, 0.15) is 10.8 Å². The molecule has 0 N–H and O–H groups in total. The number of carbonyl (C=O) groups excluding carboxylic acids is 2. The van der Waals surface area contributed by atoms with Crippen LogP contribution in [0.2, 0.25) is 5.02 Å². The lowest BCUT2D eigenvalue weighted by molar-refractivity contribution is -0.384. The predicted molar refractivity (Wildman–Crippen MR) is 151 cm³/mol. The van der Waals surface area contributed by atoms with Gasteiger partial charge in [-0.2, -0.15) is 0 Å². The van der Waals surface area contributed by atoms with Gasteiger partial charge in [0.15, 0.2) is 11.6 Å². The van der Waals surface area contributed by atoms with Gasteiger partial charge in [0.05, 0.1) is 11.5 Å². The van der Waals surface area contributed by atoms with Gasteiger partial charge < -0.3 is 9.64 Å². The van der Waals surface area contributed by atoms with Gasteiger partial charge in [-0.15, -0.1) is 0 Å². The minimum atomic E-state index is -0.683. The molecule has 0 fully saturated rings. The van der Waals surface area contributed by atoms with Crippen LogP contribution in [0.4, 0.5) is 11.4 Å². The number of allylic oxidation sites excluding steroid dienone is 4. The van der Waals surface area contributed by atoms with Crippen molar-refractivity contribution in [3.8, 4) is 5.75 Å². The van der Waals surface area contributed by atoms with Crippen LogP contribution < -0.4 is 9.64 Å². The molecule has 39 heavy (non-hydrogen) atoms. The van der Waals surface area contributed by atoms with Gasteiger partial charge in [0.25, 0.3) is 5.69 Å². The number of nitrogens with zero attached hydrogens (tertiary/aromatic N) is 2. The van der Waals surface area contributed by atoms with Crippen LogP contribution in [0.1, 0.15) is 71.8 Å². The highest BCUT2D eigenvalue weighted by molar-refractivity contribution is 6.32. The average molecular weight is 549 g/mol. The largest absolute Gasteiger partial charge is 0.494 e. The molecular formula is C31H33ClN2O5. The number of hydrogen-bond donors (Lipinski definition) is 0. The normalized spacial score (nSPS) is 20.6. The first kappa shape index (κ1) is 27.1. The average Bonchev–Trinajstić information content (AvgIpc) is 2.82. The second-order valence-electron chi connectivity index (χ2n) is 12.3. The summed E-state index contributed by atoms with van der Waals surface area (Å²) in [5.74, 6) is -0.0156. The minimum absolute atomic E-state index is 0.0196. The Hall–Kier alpha value is -3.45. The second-order valence-corrected chi connectivity index (χ2v) is 12.7. The van der Waals surface area contributed by atoms with Crippen molar-refractivity contribution >= 4 is 34.5 Å². The van der Waals surface area contributed by atoms with Crippen LogP contribution in [0.15, 0.2) is 65.0 Å². The molecule has 2 aliphatic carbocycles. The van der Waals surface area contributed by atoms with E-state index in [-0.39, 0.29) is 33.1 Å². The van der Waals surface area contributed by atoms with Crippen LogP contribution in [0, 0.1) is 20.9 Å². The molecule has 204 valence electrons. The summed E-state index contributed by atoms with van der Waals surface area (Å²) in [7, 11) is 0. The van der Waals surface area contributed by atoms with E-state index in [1.54, 1.807) is 6.07 Å². The standard InChI is InChI=1S/C31H33ClN2O5/c1-6-39-20-10-8-19(9-11-20)33-23-14-30(2,3)16-25(35)28(23)27(18-7-12-21(32)22(13-18)34(37)38)29-24(33)15-31(4,5)17-26(29)36/h7-13,27H,6,14-17H2,1-5H3. The van der Waals surface area contributed by atoms with E-state index < -0.39 is 10.8 Å². The van der Waals surface area contributed by atoms with E-state index in [2.05, 4.69) is 32.6 Å². The maximum absolute atomic E-state index is 13.9. The summed E-state index contributed by atoms with van der Waals surface area (Å²) >= 11 is 6.16. The van der Waals surface area contributed by atoms with E-state index in [1.807, 2.05) is 31.2 Å². The molecule has 0 radical (unpaired) electrons. The number of Topliss-reactive ketones (excluding diaryl/α,β-unsaturated/α-hetero) is 2. The van der Waals surface area contributed by atoms with Gasteiger partial charge in [0.2, 0.25) is 0 Å². The molecule has 0 spiro atoms. The summed E-state index contributed by atoms with van der Waals surface area (Å²) in [5.41, 5.74) is 3.38. The van der Waals surface area contributed by atoms with Crippen LogP contribution >= 0.6 is 11.6 Å². The predicted octanol–water partition coefficient (Wildman–Crippen LogP) is 7.54. The van der Waals surface area contributed by atoms with E-state index in [0.717, 1.165) is 22.8 Å². The Morgan fingerprint density at radius 1 is 0.923 bits per heavy atom. The van der Waals surface area contributed by atoms with Gasteiger partial charge in [-0.1, -0.05) is 45.4 Å². The lowest BCUT2D eigenvalue weighted by Gasteiger charge is -2.49. The van der Waals surface area contributed by atoms with Crippen molar-refractivity contribution in [3.63, 3.8) is 0 Å². The molecule has 1 aliphatic heterocycles. The number of hydrogen-bond acceptors (Lipinski definition) is 6. The first-order valence-electron chi connectivity index (χ1n) is 13.3. The number of nitro groups is 1. The van der Waals surface area contributed by atoms with Crippen LogP contribution in [0.5, 0.6) is 5.75 Å². The van der Waals surface area contributed by atoms with Crippen LogP contribution in [-0.4, -0.2) is 23.1 Å². The second kappa shape index (κ2) is 9.63. The molecule has 7 nitrogen and oxygen atoms in total. The molecule has 0 saturated carbocycles. The summed E-state index contributed by atoms with van der Waals surface area (Å²) in [6.45, 7) is 10.8. The maximum atomic E-state index is 13.9. The molecule has 5 rings (SSSR count). The number of ether oxygens (including phenoxy) is 1. The summed E-state index contributed by atoms with van der Waals surface area (Å²) in [5, 5.41) is 11.8. The van der Waals surface area contributed by atoms with E-state index >= 15 is 0 Å². The van der Waals surface area contributed by atoms with Crippen molar-refractivity contribution in [2.24, 2.45) is 10.8 Å². The highest BCUT2D eigenvalue weighted by atomic mass is 35.5. The Bertz CT molecular complexity index is 1400. The Morgan fingerprint density at radius 2 is 1.46 bits per heavy atom.